The van der Waals surface area contributed by atoms with Gasteiger partial charge in [-0.3, -0.25) is 9.35 Å². The Morgan fingerprint density at radius 3 is 2.33 bits per heavy atom. The van der Waals surface area contributed by atoms with E-state index in [9.17, 15) is 13.2 Å². The van der Waals surface area contributed by atoms with Gasteiger partial charge in [0.2, 0.25) is 0 Å². The van der Waals surface area contributed by atoms with E-state index < -0.39 is 15.7 Å². The van der Waals surface area contributed by atoms with Crippen LogP contribution in [0.15, 0.2) is 24.3 Å². The van der Waals surface area contributed by atoms with Gasteiger partial charge in [-0.05, 0) is 31.5 Å². The number of rotatable bonds is 2. The monoisotopic (exact) mass is 333 g/mol. The van der Waals surface area contributed by atoms with Crippen molar-refractivity contribution in [3.8, 4) is 0 Å². The molecule has 118 valence electrons. The Balaban J connectivity index is 0.000000383. The van der Waals surface area contributed by atoms with E-state index in [1.807, 2.05) is 31.3 Å². The van der Waals surface area contributed by atoms with Crippen molar-refractivity contribution in [2.45, 2.75) is 31.2 Å². The summed E-state index contributed by atoms with van der Waals surface area (Å²) >= 11 is 6.20. The summed E-state index contributed by atoms with van der Waals surface area (Å²) in [5, 5.41) is 3.86. The molecule has 21 heavy (non-hydrogen) atoms. The summed E-state index contributed by atoms with van der Waals surface area (Å²) in [6.07, 6.45) is 4.26. The normalized spacial score (nSPS) is 22.4. The summed E-state index contributed by atoms with van der Waals surface area (Å²) in [7, 11) is -1.83. The summed E-state index contributed by atoms with van der Waals surface area (Å²) in [4.78, 5) is 12.2. The third-order valence-electron chi connectivity index (χ3n) is 3.44. The number of hydrogen-bond donors (Lipinski definition) is 2. The number of Topliss-reactive ketones (excluding diaryl/α,β-unsaturated/α-hetero) is 1. The maximum absolute atomic E-state index is 12.2. The standard InChI is InChI=1S/C13H16ClNO.CH4O3S/c1-15-13(9-5-4-8-12(13)16)10-6-2-3-7-11(10)14;1-5(2,3)4/h2-3,6-7,15H,4-5,8-9H2,1H3;1H3,(H,2,3,4). The SMILES string of the molecule is CNC1(c2ccccc2Cl)CCCCC1=O.CS(=O)(=O)O. The molecule has 1 unspecified atom stereocenters. The second kappa shape index (κ2) is 7.35. The summed E-state index contributed by atoms with van der Waals surface area (Å²) < 4.78 is 25.9. The zero-order chi connectivity index (χ0) is 16.1. The van der Waals surface area contributed by atoms with Gasteiger partial charge in [-0.15, -0.1) is 0 Å². The molecule has 2 N–H and O–H groups in total. The molecular formula is C14H20ClNO4S. The Bertz CT molecular complexity index is 595. The van der Waals surface area contributed by atoms with E-state index in [0.717, 1.165) is 24.8 Å². The van der Waals surface area contributed by atoms with Gasteiger partial charge in [-0.25, -0.2) is 0 Å². The van der Waals surface area contributed by atoms with E-state index in [2.05, 4.69) is 5.32 Å². The molecule has 1 saturated carbocycles. The minimum Gasteiger partial charge on any atom is -0.304 e. The van der Waals surface area contributed by atoms with Gasteiger partial charge in [0.05, 0.1) is 6.26 Å². The molecule has 2 rings (SSSR count). The molecule has 1 aliphatic rings. The number of halogens is 1. The molecule has 0 aliphatic heterocycles. The van der Waals surface area contributed by atoms with Crippen molar-refractivity contribution in [1.82, 2.24) is 5.32 Å². The van der Waals surface area contributed by atoms with Gasteiger partial charge in [0.1, 0.15) is 5.54 Å². The second-order valence-electron chi connectivity index (χ2n) is 5.00. The van der Waals surface area contributed by atoms with Crippen LogP contribution in [0.1, 0.15) is 31.2 Å². The van der Waals surface area contributed by atoms with Gasteiger partial charge in [0.15, 0.2) is 5.78 Å². The molecule has 7 heteroatoms. The maximum Gasteiger partial charge on any atom is 0.261 e. The summed E-state index contributed by atoms with van der Waals surface area (Å²) in [5.74, 6) is 0.259. The Hall–Kier alpha value is -0.950. The molecule has 0 aromatic heterocycles. The number of ketones is 1. The predicted octanol–water partition coefficient (Wildman–Crippen LogP) is 2.40. The van der Waals surface area contributed by atoms with Crippen molar-refractivity contribution in [3.63, 3.8) is 0 Å². The number of nitrogens with one attached hydrogen (secondary N) is 1. The first-order chi connectivity index (χ1) is 9.70. The van der Waals surface area contributed by atoms with Gasteiger partial charge in [-0.1, -0.05) is 36.2 Å². The van der Waals surface area contributed by atoms with Gasteiger partial charge in [0, 0.05) is 11.4 Å². The fourth-order valence-electron chi connectivity index (χ4n) is 2.52. The fourth-order valence-corrected chi connectivity index (χ4v) is 2.82. The van der Waals surface area contributed by atoms with E-state index in [4.69, 9.17) is 16.2 Å². The van der Waals surface area contributed by atoms with Gasteiger partial charge < -0.3 is 5.32 Å². The topological polar surface area (TPSA) is 83.5 Å². The number of carbonyl (C=O) groups is 1. The van der Waals surface area contributed by atoms with Crippen LogP contribution in [-0.2, 0) is 20.5 Å². The third-order valence-corrected chi connectivity index (χ3v) is 3.77. The molecule has 1 fully saturated rings. The molecule has 0 amide bonds. The van der Waals surface area contributed by atoms with Crippen LogP contribution in [0.5, 0.6) is 0 Å². The highest BCUT2D eigenvalue weighted by Crippen LogP contribution is 2.37. The summed E-state index contributed by atoms with van der Waals surface area (Å²) in [6.45, 7) is 0. The first kappa shape index (κ1) is 18.1. The lowest BCUT2D eigenvalue weighted by atomic mass is 9.75. The maximum atomic E-state index is 12.2. The first-order valence-corrected chi connectivity index (χ1v) is 8.83. The summed E-state index contributed by atoms with van der Waals surface area (Å²) in [5.41, 5.74) is 0.361. The van der Waals surface area contributed by atoms with Gasteiger partial charge in [0.25, 0.3) is 10.1 Å². The molecule has 5 nitrogen and oxygen atoms in total. The lowest BCUT2D eigenvalue weighted by Crippen LogP contribution is -2.49. The minimum atomic E-state index is -3.67. The lowest BCUT2D eigenvalue weighted by Gasteiger charge is -2.36. The Morgan fingerprint density at radius 1 is 1.29 bits per heavy atom. The molecule has 1 aliphatic carbocycles. The average Bonchev–Trinajstić information content (AvgIpc) is 2.39. The molecular weight excluding hydrogens is 314 g/mol. The van der Waals surface area contributed by atoms with Crippen LogP contribution in [0.25, 0.3) is 0 Å². The van der Waals surface area contributed by atoms with E-state index in [1.54, 1.807) is 0 Å². The van der Waals surface area contributed by atoms with Crippen LogP contribution < -0.4 is 5.32 Å². The van der Waals surface area contributed by atoms with Crippen LogP contribution in [0.3, 0.4) is 0 Å². The van der Waals surface area contributed by atoms with Crippen LogP contribution in [0.4, 0.5) is 0 Å². The van der Waals surface area contributed by atoms with Gasteiger partial charge >= 0.3 is 0 Å². The van der Waals surface area contributed by atoms with Crippen molar-refractivity contribution in [1.29, 1.82) is 0 Å². The van der Waals surface area contributed by atoms with Crippen LogP contribution in [-0.4, -0.2) is 32.1 Å². The van der Waals surface area contributed by atoms with Crippen LogP contribution in [0.2, 0.25) is 5.02 Å². The molecule has 0 saturated heterocycles. The van der Waals surface area contributed by atoms with Crippen LogP contribution >= 0.6 is 11.6 Å². The van der Waals surface area contributed by atoms with Crippen molar-refractivity contribution in [2.75, 3.05) is 13.3 Å². The number of hydrogen-bond acceptors (Lipinski definition) is 4. The number of likely N-dealkylation sites (N-methyl/N-ethyl adjacent to an activating group) is 1. The first-order valence-electron chi connectivity index (χ1n) is 6.60. The lowest BCUT2D eigenvalue weighted by molar-refractivity contribution is -0.127. The number of carbonyl (C=O) groups excluding carboxylic acids is 1. The van der Waals surface area contributed by atoms with Crippen molar-refractivity contribution in [3.05, 3.63) is 34.9 Å². The Kier molecular flexibility index (Phi) is 6.34. The predicted molar refractivity (Wildman–Crippen MR) is 83.1 cm³/mol. The molecule has 1 atom stereocenters. The van der Waals surface area contributed by atoms with Crippen molar-refractivity contribution < 1.29 is 17.8 Å². The van der Waals surface area contributed by atoms with E-state index in [-0.39, 0.29) is 5.78 Å². The quantitative estimate of drug-likeness (QED) is 0.812. The molecule has 0 heterocycles. The highest BCUT2D eigenvalue weighted by molar-refractivity contribution is 7.85. The zero-order valence-corrected chi connectivity index (χ0v) is 13.7. The Morgan fingerprint density at radius 2 is 1.86 bits per heavy atom. The smallest absolute Gasteiger partial charge is 0.261 e. The van der Waals surface area contributed by atoms with E-state index >= 15 is 0 Å². The summed E-state index contributed by atoms with van der Waals surface area (Å²) in [6, 6.07) is 7.62. The van der Waals surface area contributed by atoms with Gasteiger partial charge in [-0.2, -0.15) is 8.42 Å². The molecule has 0 spiro atoms. The molecule has 0 radical (unpaired) electrons. The van der Waals surface area contributed by atoms with Crippen molar-refractivity contribution >= 4 is 27.5 Å². The fraction of sp³-hybridized carbons (Fsp3) is 0.500. The third kappa shape index (κ3) is 5.07. The minimum absolute atomic E-state index is 0.259. The van der Waals surface area contributed by atoms with Crippen LogP contribution in [0, 0.1) is 0 Å². The molecule has 0 bridgehead atoms. The number of benzene rings is 1. The largest absolute Gasteiger partial charge is 0.304 e. The highest BCUT2D eigenvalue weighted by atomic mass is 35.5. The van der Waals surface area contributed by atoms with Crippen molar-refractivity contribution in [2.24, 2.45) is 0 Å². The van der Waals surface area contributed by atoms with E-state index in [1.165, 1.54) is 0 Å². The second-order valence-corrected chi connectivity index (χ2v) is 6.87. The van der Waals surface area contributed by atoms with E-state index in [0.29, 0.717) is 17.7 Å². The molecule has 1 aromatic rings. The Labute approximate surface area is 130 Å². The molecule has 1 aromatic carbocycles. The zero-order valence-electron chi connectivity index (χ0n) is 12.1. The average molecular weight is 334 g/mol. The highest BCUT2D eigenvalue weighted by Gasteiger charge is 2.40.